The van der Waals surface area contributed by atoms with Gasteiger partial charge < -0.3 is 4.90 Å². The Hall–Kier alpha value is -1.08. The van der Waals surface area contributed by atoms with Gasteiger partial charge in [0.25, 0.3) is 5.91 Å². The second-order valence-electron chi connectivity index (χ2n) is 5.26. The number of aromatic nitrogens is 1. The first-order valence-corrected chi connectivity index (χ1v) is 9.18. The summed E-state index contributed by atoms with van der Waals surface area (Å²) in [5, 5.41) is 3.68. The Bertz CT molecular complexity index is 690. The molecule has 4 nitrogen and oxygen atoms in total. The second-order valence-corrected chi connectivity index (χ2v) is 7.65. The molecular formula is C16H20ClN3OS2. The summed E-state index contributed by atoms with van der Waals surface area (Å²) in [6.45, 7) is 4.04. The van der Waals surface area contributed by atoms with Crippen LogP contribution in [-0.2, 0) is 13.0 Å². The number of thioether (sulfide) groups is 1. The van der Waals surface area contributed by atoms with Crippen LogP contribution >= 0.6 is 35.5 Å². The van der Waals surface area contributed by atoms with Gasteiger partial charge in [0.1, 0.15) is 0 Å². The van der Waals surface area contributed by atoms with Crippen LogP contribution in [0.5, 0.6) is 0 Å². The van der Waals surface area contributed by atoms with Crippen molar-refractivity contribution in [3.63, 3.8) is 0 Å². The first-order chi connectivity index (χ1) is 10.7. The van der Waals surface area contributed by atoms with Gasteiger partial charge in [-0.25, -0.2) is 4.98 Å². The quantitative estimate of drug-likeness (QED) is 0.830. The van der Waals surface area contributed by atoms with Crippen LogP contribution in [0.15, 0.2) is 29.2 Å². The fourth-order valence-electron chi connectivity index (χ4n) is 2.48. The van der Waals surface area contributed by atoms with Crippen molar-refractivity contribution in [2.75, 3.05) is 24.7 Å². The molecule has 0 unspecified atom stereocenters. The summed E-state index contributed by atoms with van der Waals surface area (Å²) in [6, 6.07) is 7.72. The molecule has 1 aliphatic heterocycles. The average molecular weight is 370 g/mol. The van der Waals surface area contributed by atoms with Gasteiger partial charge in [-0.1, -0.05) is 19.1 Å². The van der Waals surface area contributed by atoms with Crippen molar-refractivity contribution in [3.8, 4) is 0 Å². The molecule has 0 radical (unpaired) electrons. The maximum absolute atomic E-state index is 12.5. The summed E-state index contributed by atoms with van der Waals surface area (Å²) in [6.07, 6.45) is 0.959. The summed E-state index contributed by atoms with van der Waals surface area (Å²) < 4.78 is 0. The topological polar surface area (TPSA) is 45.2 Å². The minimum absolute atomic E-state index is 0. The van der Waals surface area contributed by atoms with Gasteiger partial charge in [-0.2, -0.15) is 0 Å². The summed E-state index contributed by atoms with van der Waals surface area (Å²) in [5.41, 5.74) is 1.86. The zero-order chi connectivity index (χ0) is 15.5. The lowest BCUT2D eigenvalue weighted by molar-refractivity contribution is 0.102. The zero-order valence-corrected chi connectivity index (χ0v) is 15.6. The normalized spacial score (nSPS) is 14.0. The second kappa shape index (κ2) is 8.15. The fourth-order valence-corrected chi connectivity index (χ4v) is 4.36. The molecule has 0 bridgehead atoms. The van der Waals surface area contributed by atoms with E-state index in [2.05, 4.69) is 29.2 Å². The maximum atomic E-state index is 12.5. The first kappa shape index (κ1) is 18.3. The molecule has 1 amide bonds. The Morgan fingerprint density at radius 2 is 2.22 bits per heavy atom. The van der Waals surface area contributed by atoms with Crippen LogP contribution in [-0.4, -0.2) is 35.1 Å². The number of amides is 1. The third-order valence-electron chi connectivity index (χ3n) is 3.57. The predicted molar refractivity (Wildman–Crippen MR) is 100 cm³/mol. The van der Waals surface area contributed by atoms with Gasteiger partial charge >= 0.3 is 0 Å². The number of fused-ring (bicyclic) bond motifs is 1. The molecular weight excluding hydrogens is 350 g/mol. The van der Waals surface area contributed by atoms with E-state index in [0.717, 1.165) is 41.4 Å². The number of likely N-dealkylation sites (N-methyl/N-ethyl adjacent to an activating group) is 1. The molecule has 0 fully saturated rings. The van der Waals surface area contributed by atoms with Crippen LogP contribution in [0.4, 0.5) is 5.13 Å². The molecule has 0 saturated heterocycles. The van der Waals surface area contributed by atoms with Crippen molar-refractivity contribution in [2.24, 2.45) is 0 Å². The van der Waals surface area contributed by atoms with E-state index in [1.807, 2.05) is 24.3 Å². The lowest BCUT2D eigenvalue weighted by Crippen LogP contribution is -2.25. The molecule has 0 atom stereocenters. The van der Waals surface area contributed by atoms with E-state index in [9.17, 15) is 4.79 Å². The van der Waals surface area contributed by atoms with Gasteiger partial charge in [-0.05, 0) is 24.9 Å². The van der Waals surface area contributed by atoms with E-state index in [-0.39, 0.29) is 18.3 Å². The van der Waals surface area contributed by atoms with Crippen LogP contribution in [0.3, 0.4) is 0 Å². The number of nitrogens with zero attached hydrogens (tertiary/aromatic N) is 2. The number of anilines is 1. The molecule has 23 heavy (non-hydrogen) atoms. The van der Waals surface area contributed by atoms with E-state index in [1.165, 1.54) is 4.88 Å². The standard InChI is InChI=1S/C16H19N3OS2.ClH/c1-3-21-13-7-5-4-6-11(13)15(20)18-16-17-12-8-9-19(2)10-14(12)22-16;/h4-7H,3,8-10H2,1-2H3,(H,17,18,20);1H. The lowest BCUT2D eigenvalue weighted by Gasteiger charge is -2.20. The molecule has 1 N–H and O–H groups in total. The van der Waals surface area contributed by atoms with Crippen molar-refractivity contribution in [1.82, 2.24) is 9.88 Å². The van der Waals surface area contributed by atoms with E-state index in [1.54, 1.807) is 23.1 Å². The van der Waals surface area contributed by atoms with Crippen LogP contribution in [0.25, 0.3) is 0 Å². The van der Waals surface area contributed by atoms with E-state index in [4.69, 9.17) is 0 Å². The van der Waals surface area contributed by atoms with Gasteiger partial charge in [-0.3, -0.25) is 10.1 Å². The highest BCUT2D eigenvalue weighted by Gasteiger charge is 2.20. The lowest BCUT2D eigenvalue weighted by atomic mass is 10.2. The Morgan fingerprint density at radius 3 is 3.00 bits per heavy atom. The highest BCUT2D eigenvalue weighted by Crippen LogP contribution is 2.29. The number of carbonyl (C=O) groups is 1. The molecule has 0 saturated carbocycles. The van der Waals surface area contributed by atoms with Crippen molar-refractivity contribution in [2.45, 2.75) is 24.8 Å². The molecule has 2 heterocycles. The molecule has 0 spiro atoms. The van der Waals surface area contributed by atoms with Crippen LogP contribution in [0, 0.1) is 0 Å². The molecule has 3 rings (SSSR count). The van der Waals surface area contributed by atoms with Crippen LogP contribution in [0.1, 0.15) is 27.9 Å². The van der Waals surface area contributed by atoms with Gasteiger partial charge in [0, 0.05) is 29.3 Å². The summed E-state index contributed by atoms with van der Waals surface area (Å²) >= 11 is 3.27. The van der Waals surface area contributed by atoms with Gasteiger partial charge in [0.05, 0.1) is 11.3 Å². The van der Waals surface area contributed by atoms with Crippen molar-refractivity contribution >= 4 is 46.5 Å². The van der Waals surface area contributed by atoms with Crippen molar-refractivity contribution < 1.29 is 4.79 Å². The first-order valence-electron chi connectivity index (χ1n) is 7.37. The largest absolute Gasteiger partial charge is 0.301 e. The van der Waals surface area contributed by atoms with Crippen molar-refractivity contribution in [3.05, 3.63) is 40.4 Å². The Morgan fingerprint density at radius 1 is 1.43 bits per heavy atom. The SMILES string of the molecule is CCSc1ccccc1C(=O)Nc1nc2c(s1)CN(C)CC2.Cl. The molecule has 7 heteroatoms. The Kier molecular flexibility index (Phi) is 6.47. The number of rotatable bonds is 4. The van der Waals surface area contributed by atoms with E-state index >= 15 is 0 Å². The minimum atomic E-state index is -0.0731. The minimum Gasteiger partial charge on any atom is -0.301 e. The number of benzene rings is 1. The van der Waals surface area contributed by atoms with Crippen molar-refractivity contribution in [1.29, 1.82) is 0 Å². The zero-order valence-electron chi connectivity index (χ0n) is 13.2. The summed E-state index contributed by atoms with van der Waals surface area (Å²) in [5.74, 6) is 0.873. The van der Waals surface area contributed by atoms with Crippen LogP contribution in [0.2, 0.25) is 0 Å². The molecule has 2 aromatic rings. The van der Waals surface area contributed by atoms with Crippen LogP contribution < -0.4 is 5.32 Å². The highest BCUT2D eigenvalue weighted by molar-refractivity contribution is 7.99. The number of halogens is 1. The Labute approximate surface area is 151 Å². The maximum Gasteiger partial charge on any atom is 0.258 e. The molecule has 1 aromatic heterocycles. The van der Waals surface area contributed by atoms with E-state index in [0.29, 0.717) is 5.13 Å². The van der Waals surface area contributed by atoms with Gasteiger partial charge in [0.2, 0.25) is 0 Å². The molecule has 124 valence electrons. The number of thiazole rings is 1. The highest BCUT2D eigenvalue weighted by atomic mass is 35.5. The average Bonchev–Trinajstić information content (AvgIpc) is 2.89. The number of nitrogens with one attached hydrogen (secondary N) is 1. The summed E-state index contributed by atoms with van der Waals surface area (Å²) in [7, 11) is 2.11. The van der Waals surface area contributed by atoms with Gasteiger partial charge in [-0.15, -0.1) is 35.5 Å². The molecule has 1 aliphatic rings. The van der Waals surface area contributed by atoms with Gasteiger partial charge in [0.15, 0.2) is 5.13 Å². The smallest absolute Gasteiger partial charge is 0.258 e. The molecule has 0 aliphatic carbocycles. The number of hydrogen-bond acceptors (Lipinski definition) is 5. The Balaban J connectivity index is 0.00000192. The third-order valence-corrected chi connectivity index (χ3v) is 5.53. The number of carbonyl (C=O) groups excluding carboxylic acids is 1. The monoisotopic (exact) mass is 369 g/mol. The third kappa shape index (κ3) is 4.26. The van der Waals surface area contributed by atoms with E-state index < -0.39 is 0 Å². The number of hydrogen-bond donors (Lipinski definition) is 1. The predicted octanol–water partition coefficient (Wildman–Crippen LogP) is 3.92. The molecule has 1 aromatic carbocycles. The summed E-state index contributed by atoms with van der Waals surface area (Å²) in [4.78, 5) is 21.7. The fraction of sp³-hybridized carbons (Fsp3) is 0.375.